The highest BCUT2D eigenvalue weighted by Crippen LogP contribution is 2.42. The Morgan fingerprint density at radius 2 is 1.89 bits per heavy atom. The number of benzene rings is 3. The summed E-state index contributed by atoms with van der Waals surface area (Å²) in [7, 11) is 0. The molecule has 0 aliphatic carbocycles. The van der Waals surface area contributed by atoms with Gasteiger partial charge in [-0.3, -0.25) is 4.79 Å². The number of aromatic amines is 1. The number of hydrogen-bond donors (Lipinski definition) is 1. The first-order valence-corrected chi connectivity index (χ1v) is 12.3. The summed E-state index contributed by atoms with van der Waals surface area (Å²) in [6, 6.07) is 22.0. The van der Waals surface area contributed by atoms with Gasteiger partial charge in [0.25, 0.3) is 0 Å². The van der Waals surface area contributed by atoms with Gasteiger partial charge in [0.15, 0.2) is 11.5 Å². The zero-order valence-corrected chi connectivity index (χ0v) is 20.0. The Morgan fingerprint density at radius 3 is 2.76 bits per heavy atom. The first-order chi connectivity index (χ1) is 18.2. The minimum Gasteiger partial charge on any atom is -0.454 e. The number of rotatable bonds is 4. The summed E-state index contributed by atoms with van der Waals surface area (Å²) in [5, 5.41) is 1.21. The zero-order valence-electron chi connectivity index (χ0n) is 20.0. The fraction of sp³-hybridized carbons (Fsp3) is 0.133. The summed E-state index contributed by atoms with van der Waals surface area (Å²) < 4.78 is 13.1. The topological polar surface area (TPSA) is 72.4 Å². The van der Waals surface area contributed by atoms with Gasteiger partial charge in [0.2, 0.25) is 12.7 Å². The molecule has 0 fully saturated rings. The van der Waals surface area contributed by atoms with E-state index in [1.165, 1.54) is 10.9 Å². The van der Waals surface area contributed by atoms with Crippen molar-refractivity contribution in [1.29, 1.82) is 0 Å². The highest BCUT2D eigenvalue weighted by Gasteiger charge is 2.34. The lowest BCUT2D eigenvalue weighted by Crippen LogP contribution is -2.39. The molecule has 0 saturated carbocycles. The molecule has 2 aromatic heterocycles. The number of H-pyrrole nitrogens is 1. The smallest absolute Gasteiger partial charge is 0.247 e. The third-order valence-corrected chi connectivity index (χ3v) is 7.14. The van der Waals surface area contributed by atoms with E-state index in [1.54, 1.807) is 18.6 Å². The van der Waals surface area contributed by atoms with Crippen LogP contribution in [0.15, 0.2) is 91.5 Å². The Labute approximate surface area is 213 Å². The molecule has 1 unspecified atom stereocenters. The number of aromatic nitrogens is 3. The zero-order chi connectivity index (χ0) is 24.8. The third kappa shape index (κ3) is 3.76. The van der Waals surface area contributed by atoms with E-state index < -0.39 is 0 Å². The van der Waals surface area contributed by atoms with Crippen LogP contribution < -0.4 is 9.47 Å². The molecule has 1 N–H and O–H groups in total. The van der Waals surface area contributed by atoms with Crippen LogP contribution >= 0.6 is 0 Å². The van der Waals surface area contributed by atoms with Crippen LogP contribution in [0.4, 0.5) is 0 Å². The molecule has 1 amide bonds. The predicted molar refractivity (Wildman–Crippen MR) is 141 cm³/mol. The Morgan fingerprint density at radius 1 is 1.03 bits per heavy atom. The van der Waals surface area contributed by atoms with Crippen molar-refractivity contribution in [2.45, 2.75) is 12.5 Å². The molecular weight excluding hydrogens is 464 g/mol. The van der Waals surface area contributed by atoms with Crippen molar-refractivity contribution in [2.75, 3.05) is 13.3 Å². The van der Waals surface area contributed by atoms with Gasteiger partial charge in [0.05, 0.1) is 12.4 Å². The van der Waals surface area contributed by atoms with Crippen LogP contribution in [0.5, 0.6) is 11.5 Å². The van der Waals surface area contributed by atoms with Crippen LogP contribution in [-0.4, -0.2) is 38.7 Å². The summed E-state index contributed by atoms with van der Waals surface area (Å²) in [5.74, 6) is 1.40. The van der Waals surface area contributed by atoms with Crippen molar-refractivity contribution in [2.24, 2.45) is 0 Å². The number of hydrogen-bond acceptors (Lipinski definition) is 4. The molecule has 1 atom stereocenters. The van der Waals surface area contributed by atoms with Gasteiger partial charge >= 0.3 is 0 Å². The molecule has 0 spiro atoms. The van der Waals surface area contributed by atoms with Gasteiger partial charge in [-0.25, -0.2) is 4.98 Å². The average molecular weight is 489 g/mol. The van der Waals surface area contributed by atoms with Crippen molar-refractivity contribution in [3.63, 3.8) is 0 Å². The minimum atomic E-state index is -0.258. The summed E-state index contributed by atoms with van der Waals surface area (Å²) in [5.41, 5.74) is 6.37. The molecule has 182 valence electrons. The quantitative estimate of drug-likeness (QED) is 0.350. The SMILES string of the molecule is O=C(C=Cc1ccc(-n2ccnc2)cc1)N1CCc2c([nH]c3ccccc23)C1c1ccc2c(c1)OCO2. The van der Waals surface area contributed by atoms with E-state index in [9.17, 15) is 4.79 Å². The highest BCUT2D eigenvalue weighted by atomic mass is 16.7. The Hall–Kier alpha value is -4.78. The van der Waals surface area contributed by atoms with E-state index in [0.29, 0.717) is 12.3 Å². The Kier molecular flexibility index (Phi) is 5.06. The molecule has 0 saturated heterocycles. The summed E-state index contributed by atoms with van der Waals surface area (Å²) in [6.07, 6.45) is 9.75. The number of carbonyl (C=O) groups is 1. The molecule has 0 bridgehead atoms. The number of nitrogens with one attached hydrogen (secondary N) is 1. The van der Waals surface area contributed by atoms with Gasteiger partial charge in [-0.05, 0) is 59.5 Å². The van der Waals surface area contributed by atoms with Gasteiger partial charge in [0.1, 0.15) is 0 Å². The molecule has 37 heavy (non-hydrogen) atoms. The summed E-state index contributed by atoms with van der Waals surface area (Å²) in [6.45, 7) is 0.836. The Balaban J connectivity index is 1.23. The monoisotopic (exact) mass is 488 g/mol. The fourth-order valence-electron chi connectivity index (χ4n) is 5.34. The van der Waals surface area contributed by atoms with Crippen molar-refractivity contribution < 1.29 is 14.3 Å². The van der Waals surface area contributed by atoms with E-state index >= 15 is 0 Å². The molecule has 7 nitrogen and oxygen atoms in total. The van der Waals surface area contributed by atoms with Crippen molar-refractivity contribution in [1.82, 2.24) is 19.4 Å². The second-order valence-corrected chi connectivity index (χ2v) is 9.25. The maximum atomic E-state index is 13.6. The standard InChI is InChI=1S/C30H24N4O3/c35-28(12-7-20-5-9-22(10-6-20)33-16-14-31-18-33)34-15-13-24-23-3-1-2-4-25(23)32-29(24)30(34)21-8-11-26-27(17-21)37-19-36-26/h1-12,14,16-18,30,32H,13,15,19H2. The average Bonchev–Trinajstić information content (AvgIpc) is 3.71. The number of fused-ring (bicyclic) bond motifs is 4. The molecule has 7 heteroatoms. The lowest BCUT2D eigenvalue weighted by molar-refractivity contribution is -0.128. The molecule has 4 heterocycles. The van der Waals surface area contributed by atoms with Gasteiger partial charge in [-0.1, -0.05) is 36.4 Å². The van der Waals surface area contributed by atoms with Gasteiger partial charge in [-0.2, -0.15) is 0 Å². The number of para-hydroxylation sites is 1. The second-order valence-electron chi connectivity index (χ2n) is 9.25. The first-order valence-electron chi connectivity index (χ1n) is 12.3. The van der Waals surface area contributed by atoms with Crippen LogP contribution in [0.25, 0.3) is 22.7 Å². The highest BCUT2D eigenvalue weighted by molar-refractivity contribution is 5.93. The third-order valence-electron chi connectivity index (χ3n) is 7.14. The number of ether oxygens (including phenoxy) is 2. The van der Waals surface area contributed by atoms with Gasteiger partial charge < -0.3 is 23.9 Å². The lowest BCUT2D eigenvalue weighted by Gasteiger charge is -2.35. The predicted octanol–water partition coefficient (Wildman–Crippen LogP) is 5.27. The van der Waals surface area contributed by atoms with Crippen LogP contribution in [0.3, 0.4) is 0 Å². The van der Waals surface area contributed by atoms with Crippen molar-refractivity contribution >= 4 is 22.9 Å². The second kappa shape index (κ2) is 8.71. The number of imidazole rings is 1. The maximum Gasteiger partial charge on any atom is 0.247 e. The lowest BCUT2D eigenvalue weighted by atomic mass is 9.92. The molecular formula is C30H24N4O3. The van der Waals surface area contributed by atoms with Crippen LogP contribution in [0, 0.1) is 0 Å². The van der Waals surface area contributed by atoms with E-state index in [1.807, 2.05) is 70.3 Å². The summed E-state index contributed by atoms with van der Waals surface area (Å²) >= 11 is 0. The Bertz CT molecular complexity index is 1630. The van der Waals surface area contributed by atoms with Crippen molar-refractivity contribution in [3.05, 3.63) is 114 Å². The first kappa shape index (κ1) is 21.5. The maximum absolute atomic E-state index is 13.6. The van der Waals surface area contributed by atoms with Crippen molar-refractivity contribution in [3.8, 4) is 17.2 Å². The molecule has 0 radical (unpaired) electrons. The molecule has 7 rings (SSSR count). The van der Waals surface area contributed by atoms with Crippen LogP contribution in [0.1, 0.15) is 28.4 Å². The molecule has 2 aliphatic heterocycles. The van der Waals surface area contributed by atoms with E-state index in [2.05, 4.69) is 28.2 Å². The van der Waals surface area contributed by atoms with E-state index in [-0.39, 0.29) is 18.7 Å². The summed E-state index contributed by atoms with van der Waals surface area (Å²) in [4.78, 5) is 23.3. The number of carbonyl (C=O) groups excluding carboxylic acids is 1. The molecule has 3 aromatic carbocycles. The number of amides is 1. The normalized spacial score (nSPS) is 16.4. The van der Waals surface area contributed by atoms with E-state index in [4.69, 9.17) is 9.47 Å². The fourth-order valence-corrected chi connectivity index (χ4v) is 5.34. The largest absolute Gasteiger partial charge is 0.454 e. The van der Waals surface area contributed by atoms with Crippen LogP contribution in [-0.2, 0) is 11.2 Å². The molecule has 5 aromatic rings. The van der Waals surface area contributed by atoms with Crippen LogP contribution in [0.2, 0.25) is 0 Å². The molecule has 2 aliphatic rings. The van der Waals surface area contributed by atoms with Gasteiger partial charge in [0, 0.05) is 47.3 Å². The minimum absolute atomic E-state index is 0.0364. The van der Waals surface area contributed by atoms with Gasteiger partial charge in [-0.15, -0.1) is 0 Å². The number of nitrogens with zero attached hydrogens (tertiary/aromatic N) is 3. The van der Waals surface area contributed by atoms with E-state index in [0.717, 1.165) is 40.2 Å².